The third-order valence-electron chi connectivity index (χ3n) is 4.49. The Morgan fingerprint density at radius 3 is 2.63 bits per heavy atom. The van der Waals surface area contributed by atoms with E-state index in [0.717, 1.165) is 27.9 Å². The molecule has 3 aromatic heterocycles. The number of hydrogen-bond acceptors (Lipinski definition) is 8. The molecule has 27 heavy (non-hydrogen) atoms. The minimum Gasteiger partial charge on any atom is -0.479 e. The molecule has 3 aromatic rings. The van der Waals surface area contributed by atoms with Gasteiger partial charge in [0.2, 0.25) is 11.8 Å². The van der Waals surface area contributed by atoms with Crippen molar-refractivity contribution in [3.63, 3.8) is 0 Å². The maximum absolute atomic E-state index is 12.2. The van der Waals surface area contributed by atoms with Gasteiger partial charge >= 0.3 is 5.97 Å². The van der Waals surface area contributed by atoms with Crippen LogP contribution < -0.4 is 4.74 Å². The molecule has 0 aliphatic heterocycles. The van der Waals surface area contributed by atoms with Crippen molar-refractivity contribution in [3.8, 4) is 5.88 Å². The molecule has 0 aliphatic carbocycles. The Morgan fingerprint density at radius 2 is 2.00 bits per heavy atom. The summed E-state index contributed by atoms with van der Waals surface area (Å²) >= 11 is 0. The number of rotatable bonds is 6. The van der Waals surface area contributed by atoms with Crippen LogP contribution in [0.1, 0.15) is 48.1 Å². The first-order chi connectivity index (χ1) is 12.8. The first-order valence-electron chi connectivity index (χ1n) is 8.68. The first kappa shape index (κ1) is 18.8. The largest absolute Gasteiger partial charge is 0.479 e. The van der Waals surface area contributed by atoms with Gasteiger partial charge < -0.3 is 13.9 Å². The number of carbonyl (C=O) groups is 1. The molecule has 1 atom stereocenters. The molecule has 0 aromatic carbocycles. The van der Waals surface area contributed by atoms with Gasteiger partial charge in [0.05, 0.1) is 12.5 Å². The Bertz CT molecular complexity index is 991. The smallest absolute Gasteiger partial charge is 0.306 e. The summed E-state index contributed by atoms with van der Waals surface area (Å²) in [5, 5.41) is 12.8. The number of hydrogen-bond donors (Lipinski definition) is 0. The molecule has 3 heterocycles. The van der Waals surface area contributed by atoms with Crippen molar-refractivity contribution < 1.29 is 18.7 Å². The van der Waals surface area contributed by atoms with Crippen molar-refractivity contribution in [2.75, 3.05) is 7.11 Å². The van der Waals surface area contributed by atoms with E-state index in [4.69, 9.17) is 13.9 Å². The highest BCUT2D eigenvalue weighted by Gasteiger charge is 2.20. The molecule has 0 aliphatic rings. The summed E-state index contributed by atoms with van der Waals surface area (Å²) in [6.07, 6.45) is 0.141. The molecule has 0 amide bonds. The highest BCUT2D eigenvalue weighted by Crippen LogP contribution is 2.30. The average Bonchev–Trinajstić information content (AvgIpc) is 3.18. The predicted molar refractivity (Wildman–Crippen MR) is 96.4 cm³/mol. The van der Waals surface area contributed by atoms with Crippen molar-refractivity contribution in [2.45, 2.75) is 46.6 Å². The number of nitrogens with zero attached hydrogens (tertiary/aromatic N) is 5. The fourth-order valence-corrected chi connectivity index (χ4v) is 3.12. The molecular weight excluding hydrogens is 350 g/mol. The van der Waals surface area contributed by atoms with Crippen LogP contribution in [0.3, 0.4) is 0 Å². The standard InChI is InChI=1S/C18H23N5O4/c1-9-13(10(2)19-16-15(9)18(25-6)22-23(16)5)7-8-14(24)26-11(3)17-21-20-12(4)27-17/h11H,7-8H2,1-6H3/t11-/m1/s1. The zero-order valence-electron chi connectivity index (χ0n) is 16.4. The van der Waals surface area contributed by atoms with Crippen molar-refractivity contribution in [3.05, 3.63) is 28.6 Å². The van der Waals surface area contributed by atoms with Gasteiger partial charge in [-0.05, 0) is 38.3 Å². The summed E-state index contributed by atoms with van der Waals surface area (Å²) in [5.41, 5.74) is 3.62. The van der Waals surface area contributed by atoms with Crippen LogP contribution in [0, 0.1) is 20.8 Å². The lowest BCUT2D eigenvalue weighted by atomic mass is 10.0. The van der Waals surface area contributed by atoms with E-state index in [9.17, 15) is 4.79 Å². The summed E-state index contributed by atoms with van der Waals surface area (Å²) in [4.78, 5) is 16.9. The molecule has 0 bridgehead atoms. The predicted octanol–water partition coefficient (Wildman–Crippen LogP) is 2.52. The molecular formula is C18H23N5O4. The second kappa shape index (κ2) is 7.34. The van der Waals surface area contributed by atoms with Crippen LogP contribution in [0.4, 0.5) is 0 Å². The topological polar surface area (TPSA) is 105 Å². The van der Waals surface area contributed by atoms with E-state index in [0.29, 0.717) is 18.2 Å². The lowest BCUT2D eigenvalue weighted by Crippen LogP contribution is -2.11. The first-order valence-corrected chi connectivity index (χ1v) is 8.68. The van der Waals surface area contributed by atoms with E-state index >= 15 is 0 Å². The van der Waals surface area contributed by atoms with Crippen molar-refractivity contribution >= 4 is 17.0 Å². The Kier molecular flexibility index (Phi) is 5.11. The van der Waals surface area contributed by atoms with Crippen molar-refractivity contribution in [1.82, 2.24) is 25.0 Å². The van der Waals surface area contributed by atoms with Gasteiger partial charge in [-0.25, -0.2) is 9.67 Å². The van der Waals surface area contributed by atoms with Crippen LogP contribution in [0.15, 0.2) is 4.42 Å². The SMILES string of the molecule is COc1nn(C)c2nc(C)c(CCC(=O)O[C@H](C)c3nnc(C)o3)c(C)c12. The number of carbonyl (C=O) groups excluding carboxylic acids is 1. The molecule has 3 rings (SSSR count). The van der Waals surface area contributed by atoms with Crippen LogP contribution in [-0.2, 0) is 23.0 Å². The van der Waals surface area contributed by atoms with E-state index in [1.165, 1.54) is 0 Å². The summed E-state index contributed by atoms with van der Waals surface area (Å²) in [5.74, 6) is 0.914. The number of pyridine rings is 1. The normalized spacial score (nSPS) is 12.4. The molecule has 0 N–H and O–H groups in total. The van der Waals surface area contributed by atoms with E-state index in [1.807, 2.05) is 20.9 Å². The maximum atomic E-state index is 12.2. The quantitative estimate of drug-likeness (QED) is 0.607. The molecule has 0 saturated heterocycles. The van der Waals surface area contributed by atoms with E-state index < -0.39 is 6.10 Å². The van der Waals surface area contributed by atoms with Gasteiger partial charge in [-0.2, -0.15) is 0 Å². The summed E-state index contributed by atoms with van der Waals surface area (Å²) in [6.45, 7) is 7.31. The fraction of sp³-hybridized carbons (Fsp3) is 0.500. The molecule has 144 valence electrons. The minimum atomic E-state index is -0.583. The van der Waals surface area contributed by atoms with Crippen molar-refractivity contribution in [2.24, 2.45) is 7.05 Å². The van der Waals surface area contributed by atoms with Gasteiger partial charge in [0.25, 0.3) is 5.89 Å². The molecule has 9 heteroatoms. The molecule has 9 nitrogen and oxygen atoms in total. The Labute approximate surface area is 156 Å². The molecule has 0 radical (unpaired) electrons. The number of ether oxygens (including phenoxy) is 2. The van der Waals surface area contributed by atoms with E-state index in [2.05, 4.69) is 20.3 Å². The lowest BCUT2D eigenvalue weighted by Gasteiger charge is -2.12. The summed E-state index contributed by atoms with van der Waals surface area (Å²) in [7, 11) is 3.41. The number of aromatic nitrogens is 5. The number of esters is 1. The highest BCUT2D eigenvalue weighted by molar-refractivity contribution is 5.86. The van der Waals surface area contributed by atoms with Gasteiger partial charge in [0, 0.05) is 26.1 Å². The van der Waals surface area contributed by atoms with Gasteiger partial charge in [-0.15, -0.1) is 15.3 Å². The van der Waals surface area contributed by atoms with Crippen LogP contribution in [0.5, 0.6) is 5.88 Å². The second-order valence-corrected chi connectivity index (χ2v) is 6.42. The molecule has 0 spiro atoms. The number of fused-ring (bicyclic) bond motifs is 1. The fourth-order valence-electron chi connectivity index (χ4n) is 3.12. The third kappa shape index (κ3) is 3.62. The maximum Gasteiger partial charge on any atom is 0.306 e. The Hall–Kier alpha value is -2.97. The van der Waals surface area contributed by atoms with E-state index in [1.54, 1.807) is 25.6 Å². The van der Waals surface area contributed by atoms with Crippen LogP contribution in [0.2, 0.25) is 0 Å². The zero-order chi connectivity index (χ0) is 19.7. The van der Waals surface area contributed by atoms with Crippen molar-refractivity contribution in [1.29, 1.82) is 0 Å². The van der Waals surface area contributed by atoms with E-state index in [-0.39, 0.29) is 18.3 Å². The molecule has 0 unspecified atom stereocenters. The molecule has 0 fully saturated rings. The Morgan fingerprint density at radius 1 is 1.26 bits per heavy atom. The minimum absolute atomic E-state index is 0.217. The number of aryl methyl sites for hydroxylation is 4. The van der Waals surface area contributed by atoms with Crippen LogP contribution in [-0.4, -0.2) is 38.0 Å². The lowest BCUT2D eigenvalue weighted by molar-refractivity contribution is -0.149. The molecule has 0 saturated carbocycles. The van der Waals surface area contributed by atoms with Gasteiger partial charge in [0.15, 0.2) is 11.8 Å². The third-order valence-corrected chi connectivity index (χ3v) is 4.49. The average molecular weight is 373 g/mol. The summed E-state index contributed by atoms with van der Waals surface area (Å²) < 4.78 is 17.7. The van der Waals surface area contributed by atoms with Gasteiger partial charge in [0.1, 0.15) is 0 Å². The second-order valence-electron chi connectivity index (χ2n) is 6.42. The Balaban J connectivity index is 1.75. The highest BCUT2D eigenvalue weighted by atomic mass is 16.6. The monoisotopic (exact) mass is 373 g/mol. The van der Waals surface area contributed by atoms with Crippen LogP contribution in [0.25, 0.3) is 11.0 Å². The van der Waals surface area contributed by atoms with Gasteiger partial charge in [-0.3, -0.25) is 4.79 Å². The zero-order valence-corrected chi connectivity index (χ0v) is 16.4. The van der Waals surface area contributed by atoms with Crippen LogP contribution >= 0.6 is 0 Å². The van der Waals surface area contributed by atoms with Gasteiger partial charge in [-0.1, -0.05) is 0 Å². The number of methoxy groups -OCH3 is 1. The summed E-state index contributed by atoms with van der Waals surface area (Å²) in [6, 6.07) is 0.